The number of nitrogens with one attached hydrogen (secondary N) is 1. The first kappa shape index (κ1) is 18.8. The average molecular weight is 404 g/mol. The fraction of sp³-hybridized carbons (Fsp3) is 0.0385. The minimum absolute atomic E-state index is 0.189. The summed E-state index contributed by atoms with van der Waals surface area (Å²) in [5, 5.41) is 11.7. The van der Waals surface area contributed by atoms with Crippen LogP contribution in [0, 0.1) is 0 Å². The van der Waals surface area contributed by atoms with E-state index in [0.29, 0.717) is 12.0 Å². The normalized spacial score (nSPS) is 10.8. The Labute approximate surface area is 179 Å². The van der Waals surface area contributed by atoms with Crippen LogP contribution >= 0.6 is 0 Å². The van der Waals surface area contributed by atoms with Crippen LogP contribution < -0.4 is 5.56 Å². The van der Waals surface area contributed by atoms with E-state index >= 15 is 0 Å². The van der Waals surface area contributed by atoms with Crippen molar-refractivity contribution in [3.63, 3.8) is 0 Å². The second kappa shape index (κ2) is 8.24. The third kappa shape index (κ3) is 3.94. The summed E-state index contributed by atoms with van der Waals surface area (Å²) in [6.45, 7) is 0. The Balaban J connectivity index is 1.59. The van der Waals surface area contributed by atoms with Gasteiger partial charge in [-0.15, -0.1) is 0 Å². The highest BCUT2D eigenvalue weighted by atomic mass is 16.1. The average Bonchev–Trinajstić information content (AvgIpc) is 3.26. The van der Waals surface area contributed by atoms with Crippen molar-refractivity contribution in [3.05, 3.63) is 125 Å². The van der Waals surface area contributed by atoms with Gasteiger partial charge in [0.05, 0.1) is 17.1 Å². The van der Waals surface area contributed by atoms with Crippen molar-refractivity contribution in [1.82, 2.24) is 20.0 Å². The highest BCUT2D eigenvalue weighted by molar-refractivity contribution is 5.64. The molecule has 5 heteroatoms. The van der Waals surface area contributed by atoms with Gasteiger partial charge in [-0.2, -0.15) is 10.2 Å². The third-order valence-electron chi connectivity index (χ3n) is 5.19. The van der Waals surface area contributed by atoms with Gasteiger partial charge in [0.1, 0.15) is 0 Å². The zero-order valence-electron chi connectivity index (χ0n) is 16.8. The summed E-state index contributed by atoms with van der Waals surface area (Å²) in [5.41, 5.74) is 5.99. The third-order valence-corrected chi connectivity index (χ3v) is 5.19. The number of hydrogen-bond acceptors (Lipinski definition) is 3. The van der Waals surface area contributed by atoms with Crippen molar-refractivity contribution in [3.8, 4) is 28.2 Å². The molecule has 5 nitrogen and oxygen atoms in total. The maximum atomic E-state index is 12.6. The van der Waals surface area contributed by atoms with Crippen LogP contribution in [0.25, 0.3) is 28.2 Å². The summed E-state index contributed by atoms with van der Waals surface area (Å²) in [6, 6.07) is 31.7. The molecule has 0 aliphatic heterocycles. The van der Waals surface area contributed by atoms with Crippen LogP contribution in [-0.4, -0.2) is 20.0 Å². The Morgan fingerprint density at radius 1 is 0.742 bits per heavy atom. The van der Waals surface area contributed by atoms with E-state index in [9.17, 15) is 4.79 Å². The minimum atomic E-state index is -0.189. The quantitative estimate of drug-likeness (QED) is 0.454. The maximum Gasteiger partial charge on any atom is 0.267 e. The van der Waals surface area contributed by atoms with Crippen LogP contribution in [-0.2, 0) is 6.42 Å². The predicted molar refractivity (Wildman–Crippen MR) is 122 cm³/mol. The number of rotatable bonds is 5. The second-order valence-electron chi connectivity index (χ2n) is 7.30. The number of H-pyrrole nitrogens is 1. The first-order chi connectivity index (χ1) is 15.3. The lowest BCUT2D eigenvalue weighted by Gasteiger charge is -2.05. The molecule has 2 heterocycles. The van der Waals surface area contributed by atoms with Crippen LogP contribution in [0.15, 0.2) is 108 Å². The topological polar surface area (TPSA) is 63.6 Å². The lowest BCUT2D eigenvalue weighted by Crippen LogP contribution is -2.15. The van der Waals surface area contributed by atoms with Gasteiger partial charge in [-0.25, -0.2) is 9.78 Å². The number of aromatic amines is 1. The molecule has 0 saturated carbocycles. The number of aromatic nitrogens is 4. The molecule has 0 spiro atoms. The van der Waals surface area contributed by atoms with E-state index in [1.807, 2.05) is 108 Å². The highest BCUT2D eigenvalue weighted by Gasteiger charge is 2.15. The van der Waals surface area contributed by atoms with Crippen LogP contribution in [0.4, 0.5) is 0 Å². The van der Waals surface area contributed by atoms with Gasteiger partial charge in [0, 0.05) is 34.9 Å². The molecule has 0 aliphatic rings. The van der Waals surface area contributed by atoms with Crippen molar-refractivity contribution in [2.24, 2.45) is 0 Å². The van der Waals surface area contributed by atoms with E-state index in [0.717, 1.165) is 33.8 Å². The van der Waals surface area contributed by atoms with E-state index < -0.39 is 0 Å². The van der Waals surface area contributed by atoms with Gasteiger partial charge in [-0.3, -0.25) is 4.79 Å². The number of hydrogen-bond donors (Lipinski definition) is 1. The molecule has 0 radical (unpaired) electrons. The van der Waals surface area contributed by atoms with Crippen LogP contribution in [0.1, 0.15) is 11.1 Å². The molecule has 1 N–H and O–H groups in total. The van der Waals surface area contributed by atoms with Gasteiger partial charge in [-0.05, 0) is 18.2 Å². The molecule has 5 rings (SSSR count). The molecule has 2 aromatic heterocycles. The molecule has 0 unspecified atom stereocenters. The Bertz CT molecular complexity index is 1360. The fourth-order valence-electron chi connectivity index (χ4n) is 3.63. The standard InChI is InChI=1S/C26H20N4O/c31-26-21(17-24(27-28-26)19-10-4-1-5-11-19)16-22-18-30(23-14-8-3-9-15-23)29-25(22)20-12-6-2-7-13-20/h1-15,17-18H,16H2,(H,28,31). The van der Waals surface area contributed by atoms with Crippen molar-refractivity contribution in [2.75, 3.05) is 0 Å². The largest absolute Gasteiger partial charge is 0.268 e. The molecule has 150 valence electrons. The molecule has 0 aliphatic carbocycles. The summed E-state index contributed by atoms with van der Waals surface area (Å²) in [4.78, 5) is 12.6. The van der Waals surface area contributed by atoms with Crippen molar-refractivity contribution < 1.29 is 0 Å². The summed E-state index contributed by atoms with van der Waals surface area (Å²) in [6.07, 6.45) is 2.45. The van der Waals surface area contributed by atoms with E-state index in [4.69, 9.17) is 5.10 Å². The molecule has 0 atom stereocenters. The number of benzene rings is 3. The zero-order chi connectivity index (χ0) is 21.0. The highest BCUT2D eigenvalue weighted by Crippen LogP contribution is 2.26. The zero-order valence-corrected chi connectivity index (χ0v) is 16.8. The molecular weight excluding hydrogens is 384 g/mol. The second-order valence-corrected chi connectivity index (χ2v) is 7.30. The van der Waals surface area contributed by atoms with Gasteiger partial charge in [-0.1, -0.05) is 78.9 Å². The molecule has 0 fully saturated rings. The molecule has 5 aromatic rings. The molecule has 31 heavy (non-hydrogen) atoms. The van der Waals surface area contributed by atoms with Crippen molar-refractivity contribution in [1.29, 1.82) is 0 Å². The van der Waals surface area contributed by atoms with Gasteiger partial charge in [0.15, 0.2) is 0 Å². The van der Waals surface area contributed by atoms with E-state index in [-0.39, 0.29) is 5.56 Å². The van der Waals surface area contributed by atoms with Crippen molar-refractivity contribution >= 4 is 0 Å². The van der Waals surface area contributed by atoms with Crippen molar-refractivity contribution in [2.45, 2.75) is 6.42 Å². The minimum Gasteiger partial charge on any atom is -0.268 e. The lowest BCUT2D eigenvalue weighted by molar-refractivity contribution is 0.883. The Hall–Kier alpha value is -4.25. The SMILES string of the molecule is O=c1[nH]nc(-c2ccccc2)cc1Cc1cn(-c2ccccc2)nc1-c1ccccc1. The van der Waals surface area contributed by atoms with E-state index in [2.05, 4.69) is 10.2 Å². The smallest absolute Gasteiger partial charge is 0.267 e. The summed E-state index contributed by atoms with van der Waals surface area (Å²) in [7, 11) is 0. The van der Waals surface area contributed by atoms with Crippen LogP contribution in [0.5, 0.6) is 0 Å². The molecule has 0 saturated heterocycles. The monoisotopic (exact) mass is 404 g/mol. The summed E-state index contributed by atoms with van der Waals surface area (Å²) >= 11 is 0. The summed E-state index contributed by atoms with van der Waals surface area (Å²) in [5.74, 6) is 0. The first-order valence-electron chi connectivity index (χ1n) is 10.1. The van der Waals surface area contributed by atoms with Gasteiger partial charge >= 0.3 is 0 Å². The number of para-hydroxylation sites is 1. The molecule has 0 bridgehead atoms. The fourth-order valence-corrected chi connectivity index (χ4v) is 3.63. The van der Waals surface area contributed by atoms with E-state index in [1.165, 1.54) is 0 Å². The predicted octanol–water partition coefficient (Wildman–Crippen LogP) is 4.88. The van der Waals surface area contributed by atoms with Gasteiger partial charge in [0.25, 0.3) is 5.56 Å². The van der Waals surface area contributed by atoms with Crippen LogP contribution in [0.3, 0.4) is 0 Å². The maximum absolute atomic E-state index is 12.6. The van der Waals surface area contributed by atoms with E-state index in [1.54, 1.807) is 0 Å². The Morgan fingerprint density at radius 2 is 1.35 bits per heavy atom. The summed E-state index contributed by atoms with van der Waals surface area (Å²) < 4.78 is 1.87. The Morgan fingerprint density at radius 3 is 2.03 bits per heavy atom. The lowest BCUT2D eigenvalue weighted by atomic mass is 10.0. The van der Waals surface area contributed by atoms with Gasteiger partial charge in [0.2, 0.25) is 0 Å². The van der Waals surface area contributed by atoms with Crippen LogP contribution in [0.2, 0.25) is 0 Å². The molecule has 3 aromatic carbocycles. The number of nitrogens with zero attached hydrogens (tertiary/aromatic N) is 3. The first-order valence-corrected chi connectivity index (χ1v) is 10.1. The molecular formula is C26H20N4O. The Kier molecular flexibility index (Phi) is 4.99. The van der Waals surface area contributed by atoms with Gasteiger partial charge < -0.3 is 0 Å². The molecule has 0 amide bonds.